The monoisotopic (exact) mass is 290 g/mol. The molecule has 1 aromatic carbocycles. The van der Waals surface area contributed by atoms with Gasteiger partial charge in [-0.15, -0.1) is 11.3 Å². The van der Waals surface area contributed by atoms with Crippen LogP contribution in [0.5, 0.6) is 0 Å². The average molecular weight is 290 g/mol. The Hall–Kier alpha value is -1.99. The number of thiophene rings is 1. The van der Waals surface area contributed by atoms with Gasteiger partial charge in [0.05, 0.1) is 5.69 Å². The van der Waals surface area contributed by atoms with Crippen molar-refractivity contribution in [1.29, 1.82) is 0 Å². The summed E-state index contributed by atoms with van der Waals surface area (Å²) in [5.74, 6) is 0.402. The fourth-order valence-corrected chi connectivity index (χ4v) is 3.32. The molecule has 0 bridgehead atoms. The topological polar surface area (TPSA) is 80.9 Å². The van der Waals surface area contributed by atoms with Gasteiger partial charge in [0.15, 0.2) is 0 Å². The quantitative estimate of drug-likeness (QED) is 0.760. The lowest BCUT2D eigenvalue weighted by Crippen LogP contribution is -2.11. The minimum atomic E-state index is -0.241. The lowest BCUT2D eigenvalue weighted by atomic mass is 10.2. The molecule has 19 heavy (non-hydrogen) atoms. The standard InChI is InChI=1S/C12H10N4OS2/c1-6-14-12(19-16-6)15-11(17)10-9(13)7-4-2-3-5-8(7)18-10/h2-5H,13H2,1H3,(H,14,15,16,17). The minimum absolute atomic E-state index is 0.241. The summed E-state index contributed by atoms with van der Waals surface area (Å²) in [6, 6.07) is 7.69. The predicted molar refractivity (Wildman–Crippen MR) is 78.8 cm³/mol. The number of benzene rings is 1. The maximum atomic E-state index is 12.2. The second-order valence-electron chi connectivity index (χ2n) is 3.94. The molecule has 3 aromatic rings. The third-order valence-corrected chi connectivity index (χ3v) is 4.50. The molecule has 0 aliphatic heterocycles. The van der Waals surface area contributed by atoms with Gasteiger partial charge < -0.3 is 5.73 Å². The highest BCUT2D eigenvalue weighted by atomic mass is 32.1. The number of aryl methyl sites for hydroxylation is 1. The highest BCUT2D eigenvalue weighted by Gasteiger charge is 2.17. The number of anilines is 2. The van der Waals surface area contributed by atoms with Gasteiger partial charge in [0.2, 0.25) is 5.13 Å². The number of nitrogens with one attached hydrogen (secondary N) is 1. The van der Waals surface area contributed by atoms with Crippen LogP contribution in [0.4, 0.5) is 10.8 Å². The van der Waals surface area contributed by atoms with E-state index in [1.807, 2.05) is 24.3 Å². The molecule has 2 aromatic heterocycles. The molecule has 5 nitrogen and oxygen atoms in total. The van der Waals surface area contributed by atoms with Crippen LogP contribution in [0.25, 0.3) is 10.1 Å². The van der Waals surface area contributed by atoms with Crippen LogP contribution in [0.3, 0.4) is 0 Å². The molecule has 0 fully saturated rings. The zero-order valence-corrected chi connectivity index (χ0v) is 11.6. The van der Waals surface area contributed by atoms with E-state index in [9.17, 15) is 4.79 Å². The molecule has 0 radical (unpaired) electrons. The highest BCUT2D eigenvalue weighted by molar-refractivity contribution is 7.21. The number of aromatic nitrogens is 2. The predicted octanol–water partition coefficient (Wildman–Crippen LogP) is 2.90. The first-order chi connectivity index (χ1) is 9.15. The zero-order valence-electron chi connectivity index (χ0n) is 10.0. The summed E-state index contributed by atoms with van der Waals surface area (Å²) in [4.78, 5) is 16.8. The first-order valence-corrected chi connectivity index (χ1v) is 7.13. The van der Waals surface area contributed by atoms with Crippen LogP contribution in [0.15, 0.2) is 24.3 Å². The Bertz CT molecular complexity index is 762. The van der Waals surface area contributed by atoms with Crippen LogP contribution in [0, 0.1) is 6.92 Å². The van der Waals surface area contributed by atoms with E-state index in [-0.39, 0.29) is 5.91 Å². The van der Waals surface area contributed by atoms with Crippen molar-refractivity contribution in [2.24, 2.45) is 0 Å². The normalized spacial score (nSPS) is 10.8. The number of nitrogens with zero attached hydrogens (tertiary/aromatic N) is 2. The van der Waals surface area contributed by atoms with Gasteiger partial charge in [0.25, 0.3) is 5.91 Å². The van der Waals surface area contributed by atoms with E-state index in [4.69, 9.17) is 5.73 Å². The van der Waals surface area contributed by atoms with Crippen molar-refractivity contribution >= 4 is 49.7 Å². The smallest absolute Gasteiger partial charge is 0.269 e. The summed E-state index contributed by atoms with van der Waals surface area (Å²) in [5, 5.41) is 4.11. The van der Waals surface area contributed by atoms with Crippen molar-refractivity contribution in [1.82, 2.24) is 9.36 Å². The maximum absolute atomic E-state index is 12.2. The number of amides is 1. The maximum Gasteiger partial charge on any atom is 0.269 e. The molecule has 0 aliphatic carbocycles. The van der Waals surface area contributed by atoms with Crippen molar-refractivity contribution in [3.05, 3.63) is 35.0 Å². The zero-order chi connectivity index (χ0) is 13.4. The van der Waals surface area contributed by atoms with Crippen molar-refractivity contribution in [3.8, 4) is 0 Å². The Kier molecular flexibility index (Phi) is 2.92. The summed E-state index contributed by atoms with van der Waals surface area (Å²) in [7, 11) is 0. The van der Waals surface area contributed by atoms with Gasteiger partial charge in [-0.05, 0) is 13.0 Å². The van der Waals surface area contributed by atoms with Crippen LogP contribution >= 0.6 is 22.9 Å². The fraction of sp³-hybridized carbons (Fsp3) is 0.0833. The van der Waals surface area contributed by atoms with E-state index < -0.39 is 0 Å². The van der Waals surface area contributed by atoms with E-state index in [1.165, 1.54) is 11.3 Å². The molecule has 0 atom stereocenters. The van der Waals surface area contributed by atoms with E-state index >= 15 is 0 Å². The van der Waals surface area contributed by atoms with Crippen LogP contribution < -0.4 is 11.1 Å². The summed E-state index contributed by atoms with van der Waals surface area (Å²) >= 11 is 2.53. The highest BCUT2D eigenvalue weighted by Crippen LogP contribution is 2.33. The number of hydrogen-bond acceptors (Lipinski definition) is 6. The van der Waals surface area contributed by atoms with Crippen LogP contribution in [-0.4, -0.2) is 15.3 Å². The average Bonchev–Trinajstić information content (AvgIpc) is 2.94. The van der Waals surface area contributed by atoms with Gasteiger partial charge in [0, 0.05) is 21.6 Å². The molecule has 2 heterocycles. The van der Waals surface area contributed by atoms with Crippen LogP contribution in [0.2, 0.25) is 0 Å². The van der Waals surface area contributed by atoms with Crippen LogP contribution in [-0.2, 0) is 0 Å². The number of nitrogens with two attached hydrogens (primary N) is 1. The van der Waals surface area contributed by atoms with Gasteiger partial charge in [-0.1, -0.05) is 18.2 Å². The molecule has 0 aliphatic rings. The molecule has 96 valence electrons. The SMILES string of the molecule is Cc1nsc(NC(=O)c2sc3ccccc3c2N)n1. The third-order valence-electron chi connectivity index (χ3n) is 2.59. The summed E-state index contributed by atoms with van der Waals surface area (Å²) in [5.41, 5.74) is 6.53. The van der Waals surface area contributed by atoms with Crippen molar-refractivity contribution in [2.45, 2.75) is 6.92 Å². The second-order valence-corrected chi connectivity index (χ2v) is 5.75. The largest absolute Gasteiger partial charge is 0.397 e. The van der Waals surface area contributed by atoms with Gasteiger partial charge in [-0.2, -0.15) is 4.37 Å². The first kappa shape index (κ1) is 12.1. The Morgan fingerprint density at radius 3 is 2.84 bits per heavy atom. The number of rotatable bonds is 2. The van der Waals surface area contributed by atoms with Gasteiger partial charge in [-0.25, -0.2) is 4.98 Å². The van der Waals surface area contributed by atoms with E-state index in [1.54, 1.807) is 6.92 Å². The summed E-state index contributed by atoms with van der Waals surface area (Å²) in [6.07, 6.45) is 0. The Labute approximate surface area is 117 Å². The van der Waals surface area contributed by atoms with E-state index in [0.717, 1.165) is 21.6 Å². The molecule has 1 amide bonds. The van der Waals surface area contributed by atoms with Gasteiger partial charge >= 0.3 is 0 Å². The Morgan fingerprint density at radius 1 is 1.37 bits per heavy atom. The molecule has 0 unspecified atom stereocenters. The van der Waals surface area contributed by atoms with Gasteiger partial charge in [0.1, 0.15) is 10.7 Å². The molecule has 0 saturated carbocycles. The first-order valence-electron chi connectivity index (χ1n) is 5.54. The number of carbonyl (C=O) groups is 1. The Balaban J connectivity index is 1.95. The summed E-state index contributed by atoms with van der Waals surface area (Å²) < 4.78 is 5.02. The number of nitrogen functional groups attached to an aromatic ring is 1. The molecule has 7 heteroatoms. The summed E-state index contributed by atoms with van der Waals surface area (Å²) in [6.45, 7) is 1.78. The molecule has 3 rings (SSSR count). The number of hydrogen-bond donors (Lipinski definition) is 2. The van der Waals surface area contributed by atoms with Crippen molar-refractivity contribution in [3.63, 3.8) is 0 Å². The van der Waals surface area contributed by atoms with Crippen LogP contribution in [0.1, 0.15) is 15.5 Å². The molecule has 0 spiro atoms. The van der Waals surface area contributed by atoms with E-state index in [2.05, 4.69) is 14.7 Å². The fourth-order valence-electron chi connectivity index (χ4n) is 1.74. The molecular formula is C12H10N4OS2. The van der Waals surface area contributed by atoms with Crippen molar-refractivity contribution < 1.29 is 4.79 Å². The number of fused-ring (bicyclic) bond motifs is 1. The van der Waals surface area contributed by atoms with Crippen molar-refractivity contribution in [2.75, 3.05) is 11.1 Å². The minimum Gasteiger partial charge on any atom is -0.397 e. The molecule has 0 saturated heterocycles. The molecule has 3 N–H and O–H groups in total. The second kappa shape index (κ2) is 4.60. The Morgan fingerprint density at radius 2 is 2.16 bits per heavy atom. The lowest BCUT2D eigenvalue weighted by Gasteiger charge is -1.99. The third kappa shape index (κ3) is 2.18. The van der Waals surface area contributed by atoms with E-state index in [0.29, 0.717) is 21.5 Å². The number of carbonyl (C=O) groups excluding carboxylic acids is 1. The molecular weight excluding hydrogens is 280 g/mol. The lowest BCUT2D eigenvalue weighted by molar-refractivity contribution is 0.103. The van der Waals surface area contributed by atoms with Gasteiger partial charge in [-0.3, -0.25) is 10.1 Å².